The van der Waals surface area contributed by atoms with E-state index in [9.17, 15) is 9.59 Å². The van der Waals surface area contributed by atoms with E-state index >= 15 is 0 Å². The number of hydrogen-bond donors (Lipinski definition) is 2. The Kier molecular flexibility index (Phi) is 5.33. The molecule has 2 aromatic carbocycles. The van der Waals surface area contributed by atoms with E-state index in [-0.39, 0.29) is 11.8 Å². The quantitative estimate of drug-likeness (QED) is 0.879. The van der Waals surface area contributed by atoms with Crippen LogP contribution in [0.25, 0.3) is 0 Å². The van der Waals surface area contributed by atoms with Gasteiger partial charge in [0.25, 0.3) is 0 Å². The van der Waals surface area contributed by atoms with E-state index in [0.717, 1.165) is 36.4 Å². The summed E-state index contributed by atoms with van der Waals surface area (Å²) in [5, 5.41) is 5.71. The highest BCUT2D eigenvalue weighted by atomic mass is 16.2. The highest BCUT2D eigenvalue weighted by Gasteiger charge is 2.18. The molecule has 0 saturated heterocycles. The molecule has 0 saturated carbocycles. The van der Waals surface area contributed by atoms with Crippen LogP contribution in [0.4, 0.5) is 17.1 Å². The van der Waals surface area contributed by atoms with Gasteiger partial charge in [0, 0.05) is 30.0 Å². The highest BCUT2D eigenvalue weighted by Crippen LogP contribution is 2.26. The van der Waals surface area contributed by atoms with Crippen molar-refractivity contribution in [3.05, 3.63) is 54.1 Å². The van der Waals surface area contributed by atoms with Crippen molar-refractivity contribution in [2.24, 2.45) is 0 Å². The number of carbonyl (C=O) groups is 2. The molecule has 1 heterocycles. The third-order valence-corrected chi connectivity index (χ3v) is 4.31. The molecule has 0 bridgehead atoms. The fourth-order valence-corrected chi connectivity index (χ4v) is 3.04. The van der Waals surface area contributed by atoms with Crippen LogP contribution in [0.15, 0.2) is 48.5 Å². The van der Waals surface area contributed by atoms with Gasteiger partial charge in [-0.25, -0.2) is 0 Å². The van der Waals surface area contributed by atoms with Crippen molar-refractivity contribution < 1.29 is 9.59 Å². The van der Waals surface area contributed by atoms with Crippen LogP contribution in [0, 0.1) is 0 Å². The van der Waals surface area contributed by atoms with Gasteiger partial charge in [0.1, 0.15) is 0 Å². The number of benzene rings is 2. The number of fused-ring (bicyclic) bond motifs is 1. The molecule has 0 aliphatic carbocycles. The Hall–Kier alpha value is -2.82. The lowest BCUT2D eigenvalue weighted by Crippen LogP contribution is -2.36. The second-order valence-corrected chi connectivity index (χ2v) is 6.18. The molecule has 0 unspecified atom stereocenters. The number of nitrogens with zero attached hydrogens (tertiary/aromatic N) is 1. The molecule has 130 valence electrons. The van der Waals surface area contributed by atoms with Gasteiger partial charge < -0.3 is 15.5 Å². The molecule has 0 radical (unpaired) electrons. The van der Waals surface area contributed by atoms with Gasteiger partial charge in [-0.15, -0.1) is 0 Å². The SMILES string of the molecule is CCC(=O)Nc1ccc(NC(=O)CN2CCCc3ccccc32)cc1. The summed E-state index contributed by atoms with van der Waals surface area (Å²) in [5.74, 6) is -0.0670. The number of carbonyl (C=O) groups excluding carboxylic acids is 2. The Morgan fingerprint density at radius 3 is 2.28 bits per heavy atom. The van der Waals surface area contributed by atoms with Gasteiger partial charge in [-0.2, -0.15) is 0 Å². The number of hydrogen-bond acceptors (Lipinski definition) is 3. The fraction of sp³-hybridized carbons (Fsp3) is 0.300. The van der Waals surface area contributed by atoms with E-state index in [4.69, 9.17) is 0 Å². The minimum atomic E-state index is -0.0398. The molecule has 0 spiro atoms. The fourth-order valence-electron chi connectivity index (χ4n) is 3.04. The van der Waals surface area contributed by atoms with Gasteiger partial charge in [-0.3, -0.25) is 9.59 Å². The maximum atomic E-state index is 12.4. The van der Waals surface area contributed by atoms with Gasteiger partial charge in [-0.05, 0) is 48.7 Å². The van der Waals surface area contributed by atoms with Gasteiger partial charge in [0.05, 0.1) is 6.54 Å². The lowest BCUT2D eigenvalue weighted by molar-refractivity contribution is -0.116. The van der Waals surface area contributed by atoms with Crippen LogP contribution in [-0.4, -0.2) is 24.9 Å². The molecular weight excluding hydrogens is 314 g/mol. The van der Waals surface area contributed by atoms with Crippen LogP contribution in [0.2, 0.25) is 0 Å². The van der Waals surface area contributed by atoms with Gasteiger partial charge in [-0.1, -0.05) is 25.1 Å². The van der Waals surface area contributed by atoms with Crippen LogP contribution in [0.5, 0.6) is 0 Å². The summed E-state index contributed by atoms with van der Waals surface area (Å²) >= 11 is 0. The van der Waals surface area contributed by atoms with Crippen molar-refractivity contribution in [3.8, 4) is 0 Å². The molecule has 0 fully saturated rings. The number of aryl methyl sites for hydroxylation is 1. The normalized spacial score (nSPS) is 13.1. The standard InChI is InChI=1S/C20H23N3O2/c1-2-19(24)21-16-9-11-17(12-10-16)22-20(25)14-23-13-5-7-15-6-3-4-8-18(15)23/h3-4,6,8-12H,2,5,7,13-14H2,1H3,(H,21,24)(H,22,25). The zero-order valence-corrected chi connectivity index (χ0v) is 14.4. The predicted molar refractivity (Wildman–Crippen MR) is 101 cm³/mol. The lowest BCUT2D eigenvalue weighted by atomic mass is 10.0. The first-order valence-electron chi connectivity index (χ1n) is 8.68. The Labute approximate surface area is 148 Å². The molecule has 2 amide bonds. The van der Waals surface area contributed by atoms with E-state index in [1.807, 2.05) is 19.1 Å². The van der Waals surface area contributed by atoms with E-state index in [1.165, 1.54) is 5.56 Å². The van der Waals surface area contributed by atoms with Gasteiger partial charge in [0.15, 0.2) is 0 Å². The molecule has 0 aromatic heterocycles. The smallest absolute Gasteiger partial charge is 0.243 e. The van der Waals surface area contributed by atoms with Crippen molar-refractivity contribution in [2.45, 2.75) is 26.2 Å². The zero-order chi connectivity index (χ0) is 17.6. The van der Waals surface area contributed by atoms with Crippen LogP contribution in [0.3, 0.4) is 0 Å². The zero-order valence-electron chi connectivity index (χ0n) is 14.4. The Balaban J connectivity index is 1.59. The summed E-state index contributed by atoms with van der Waals surface area (Å²) in [7, 11) is 0. The molecule has 0 atom stereocenters. The summed E-state index contributed by atoms with van der Waals surface area (Å²) in [5.41, 5.74) is 3.92. The lowest BCUT2D eigenvalue weighted by Gasteiger charge is -2.30. The monoisotopic (exact) mass is 337 g/mol. The number of anilines is 3. The summed E-state index contributed by atoms with van der Waals surface area (Å²) < 4.78 is 0. The van der Waals surface area contributed by atoms with Crippen molar-refractivity contribution in [1.29, 1.82) is 0 Å². The average molecular weight is 337 g/mol. The molecule has 2 aromatic rings. The molecule has 2 N–H and O–H groups in total. The summed E-state index contributed by atoms with van der Waals surface area (Å²) in [6.07, 6.45) is 2.57. The first-order chi connectivity index (χ1) is 12.2. The predicted octanol–water partition coefficient (Wildman–Crippen LogP) is 3.43. The molecule has 5 nitrogen and oxygen atoms in total. The Morgan fingerprint density at radius 2 is 1.60 bits per heavy atom. The van der Waals surface area contributed by atoms with E-state index in [0.29, 0.717) is 13.0 Å². The van der Waals surface area contributed by atoms with Crippen molar-refractivity contribution >= 4 is 28.9 Å². The second-order valence-electron chi connectivity index (χ2n) is 6.18. The van der Waals surface area contributed by atoms with Crippen LogP contribution >= 0.6 is 0 Å². The largest absolute Gasteiger partial charge is 0.362 e. The molecule has 3 rings (SSSR count). The minimum absolute atomic E-state index is 0.0273. The maximum Gasteiger partial charge on any atom is 0.243 e. The molecule has 1 aliphatic heterocycles. The van der Waals surface area contributed by atoms with Crippen LogP contribution in [0.1, 0.15) is 25.3 Å². The number of rotatable bonds is 5. The Bertz CT molecular complexity index is 756. The first kappa shape index (κ1) is 17.0. The van der Waals surface area contributed by atoms with Crippen molar-refractivity contribution in [1.82, 2.24) is 0 Å². The minimum Gasteiger partial charge on any atom is -0.362 e. The van der Waals surface area contributed by atoms with Gasteiger partial charge in [0.2, 0.25) is 11.8 Å². The van der Waals surface area contributed by atoms with E-state index in [1.54, 1.807) is 24.3 Å². The molecule has 25 heavy (non-hydrogen) atoms. The topological polar surface area (TPSA) is 61.4 Å². The number of nitrogens with one attached hydrogen (secondary N) is 2. The first-order valence-corrected chi connectivity index (χ1v) is 8.68. The van der Waals surface area contributed by atoms with Crippen molar-refractivity contribution in [3.63, 3.8) is 0 Å². The van der Waals surface area contributed by atoms with Crippen LogP contribution < -0.4 is 15.5 Å². The second kappa shape index (κ2) is 7.83. The maximum absolute atomic E-state index is 12.4. The van der Waals surface area contributed by atoms with Crippen LogP contribution in [-0.2, 0) is 16.0 Å². The third kappa shape index (κ3) is 4.38. The molecule has 5 heteroatoms. The van der Waals surface area contributed by atoms with Gasteiger partial charge >= 0.3 is 0 Å². The van der Waals surface area contributed by atoms with E-state index in [2.05, 4.69) is 27.7 Å². The van der Waals surface area contributed by atoms with E-state index < -0.39 is 0 Å². The molecule has 1 aliphatic rings. The highest BCUT2D eigenvalue weighted by molar-refractivity contribution is 5.95. The Morgan fingerprint density at radius 1 is 0.960 bits per heavy atom. The molecular formula is C20H23N3O2. The number of amides is 2. The summed E-state index contributed by atoms with van der Waals surface area (Å²) in [6.45, 7) is 3.04. The third-order valence-electron chi connectivity index (χ3n) is 4.31. The summed E-state index contributed by atoms with van der Waals surface area (Å²) in [4.78, 5) is 25.9. The average Bonchev–Trinajstić information content (AvgIpc) is 2.63. The number of para-hydroxylation sites is 1. The summed E-state index contributed by atoms with van der Waals surface area (Å²) in [6, 6.07) is 15.4. The van der Waals surface area contributed by atoms with Crippen molar-refractivity contribution in [2.75, 3.05) is 28.6 Å².